The molecule has 10 aromatic rings. The van der Waals surface area contributed by atoms with Crippen LogP contribution in [-0.4, -0.2) is 19.5 Å². The van der Waals surface area contributed by atoms with Gasteiger partial charge in [-0.15, -0.1) is 0 Å². The molecule has 0 radical (unpaired) electrons. The van der Waals surface area contributed by atoms with Gasteiger partial charge in [0.1, 0.15) is 0 Å². The third kappa shape index (κ3) is 5.13. The van der Waals surface area contributed by atoms with Gasteiger partial charge in [0.25, 0.3) is 0 Å². The van der Waals surface area contributed by atoms with Crippen molar-refractivity contribution in [1.82, 2.24) is 19.5 Å². The molecule has 51 heavy (non-hydrogen) atoms. The number of rotatable bonds is 5. The first-order valence-corrected chi connectivity index (χ1v) is 17.2. The van der Waals surface area contributed by atoms with Crippen LogP contribution < -0.4 is 0 Å². The number of nitrogens with zero attached hydrogens (tertiary/aromatic N) is 4. The van der Waals surface area contributed by atoms with Crippen molar-refractivity contribution in [1.29, 1.82) is 0 Å². The number of aromatic nitrogens is 4. The van der Waals surface area contributed by atoms with E-state index in [9.17, 15) is 0 Å². The molecule has 0 spiro atoms. The first kappa shape index (κ1) is 29.0. The molecule has 2 aromatic heterocycles. The summed E-state index contributed by atoms with van der Waals surface area (Å²) in [6.45, 7) is 0. The van der Waals surface area contributed by atoms with Crippen LogP contribution in [-0.2, 0) is 0 Å². The summed E-state index contributed by atoms with van der Waals surface area (Å²) in [6.07, 6.45) is 0. The maximum atomic E-state index is 5.10. The summed E-state index contributed by atoms with van der Waals surface area (Å²) in [5.41, 5.74) is 8.51. The Bertz CT molecular complexity index is 2910. The lowest BCUT2D eigenvalue weighted by Gasteiger charge is -2.12. The highest BCUT2D eigenvalue weighted by Gasteiger charge is 2.16. The van der Waals surface area contributed by atoms with E-state index in [-0.39, 0.29) is 0 Å². The van der Waals surface area contributed by atoms with Gasteiger partial charge in [-0.25, -0.2) is 15.0 Å². The Kier molecular flexibility index (Phi) is 6.78. The van der Waals surface area contributed by atoms with Crippen LogP contribution in [0.3, 0.4) is 0 Å². The molecule has 8 aromatic carbocycles. The predicted molar refractivity (Wildman–Crippen MR) is 211 cm³/mol. The van der Waals surface area contributed by atoms with Crippen LogP contribution in [0.1, 0.15) is 0 Å². The van der Waals surface area contributed by atoms with Crippen LogP contribution in [0.5, 0.6) is 0 Å². The maximum Gasteiger partial charge on any atom is 0.164 e. The Morgan fingerprint density at radius 1 is 0.294 bits per heavy atom. The lowest BCUT2D eigenvalue weighted by molar-refractivity contribution is 1.07. The van der Waals surface area contributed by atoms with Crippen molar-refractivity contribution in [2.45, 2.75) is 0 Å². The third-order valence-electron chi connectivity index (χ3n) is 9.80. The van der Waals surface area contributed by atoms with E-state index in [0.29, 0.717) is 17.5 Å². The molecule has 0 amide bonds. The van der Waals surface area contributed by atoms with Crippen molar-refractivity contribution < 1.29 is 0 Å². The molecule has 0 atom stereocenters. The van der Waals surface area contributed by atoms with Crippen LogP contribution >= 0.6 is 0 Å². The Morgan fingerprint density at radius 2 is 0.843 bits per heavy atom. The lowest BCUT2D eigenvalue weighted by Crippen LogP contribution is -2.01. The lowest BCUT2D eigenvalue weighted by atomic mass is 10.00. The Balaban J connectivity index is 1.10. The largest absolute Gasteiger partial charge is 0.309 e. The van der Waals surface area contributed by atoms with Crippen LogP contribution in [0.4, 0.5) is 0 Å². The van der Waals surface area contributed by atoms with E-state index >= 15 is 0 Å². The van der Waals surface area contributed by atoms with Gasteiger partial charge >= 0.3 is 0 Å². The van der Waals surface area contributed by atoms with Gasteiger partial charge < -0.3 is 4.57 Å². The predicted octanol–water partition coefficient (Wildman–Crippen LogP) is 11.9. The third-order valence-corrected chi connectivity index (χ3v) is 9.80. The highest BCUT2D eigenvalue weighted by molar-refractivity contribution is 6.13. The minimum absolute atomic E-state index is 0.630. The molecule has 10 rings (SSSR count). The first-order chi connectivity index (χ1) is 25.2. The summed E-state index contributed by atoms with van der Waals surface area (Å²) in [4.78, 5) is 15.1. The fourth-order valence-electron chi connectivity index (χ4n) is 7.25. The molecule has 0 aliphatic carbocycles. The van der Waals surface area contributed by atoms with Gasteiger partial charge in [-0.2, -0.15) is 0 Å². The Morgan fingerprint density at radius 3 is 1.61 bits per heavy atom. The molecule has 4 heteroatoms. The smallest absolute Gasteiger partial charge is 0.164 e. The van der Waals surface area contributed by atoms with Crippen molar-refractivity contribution in [3.05, 3.63) is 182 Å². The zero-order chi connectivity index (χ0) is 33.7. The van der Waals surface area contributed by atoms with Gasteiger partial charge in [0.05, 0.1) is 11.0 Å². The second kappa shape index (κ2) is 11.9. The van der Waals surface area contributed by atoms with Gasteiger partial charge in [0, 0.05) is 33.2 Å². The standard InChI is InChI=1S/C47H30N4/c1-2-12-33(13-3-1)45-48-46(34-24-21-32(22-25-34)38-26-23-31-11-4-5-14-35(31)27-38)50-47(49-45)39-17-10-18-40(28-39)51-43-20-9-8-19-41(43)42-29-36-15-6-7-16-37(36)30-44(42)51/h1-30H. The van der Waals surface area contributed by atoms with E-state index in [1.165, 1.54) is 43.4 Å². The average molecular weight is 651 g/mol. The van der Waals surface area contributed by atoms with Gasteiger partial charge in [0.2, 0.25) is 0 Å². The summed E-state index contributed by atoms with van der Waals surface area (Å²) >= 11 is 0. The molecule has 0 aliphatic heterocycles. The molecule has 238 valence electrons. The number of para-hydroxylation sites is 1. The molecule has 0 N–H and O–H groups in total. The zero-order valence-electron chi connectivity index (χ0n) is 27.6. The van der Waals surface area contributed by atoms with E-state index in [1.54, 1.807) is 0 Å². The fraction of sp³-hybridized carbons (Fsp3) is 0. The SMILES string of the molecule is c1ccc(-c2nc(-c3ccc(-c4ccc5ccccc5c4)cc3)nc(-c3cccc(-n4c5ccccc5c5cc6ccccc6cc54)c3)n2)cc1. The summed E-state index contributed by atoms with van der Waals surface area (Å²) in [5.74, 6) is 1.91. The topological polar surface area (TPSA) is 43.6 Å². The number of hydrogen-bond donors (Lipinski definition) is 0. The first-order valence-electron chi connectivity index (χ1n) is 17.2. The molecule has 0 aliphatic rings. The quantitative estimate of drug-likeness (QED) is 0.186. The molecule has 0 unspecified atom stereocenters. The average Bonchev–Trinajstić information content (AvgIpc) is 3.53. The van der Waals surface area contributed by atoms with Crippen LogP contribution in [0, 0.1) is 0 Å². The molecule has 0 saturated carbocycles. The van der Waals surface area contributed by atoms with Crippen molar-refractivity contribution in [2.75, 3.05) is 0 Å². The molecule has 0 fully saturated rings. The second-order valence-corrected chi connectivity index (χ2v) is 12.9. The van der Waals surface area contributed by atoms with Crippen LogP contribution in [0.25, 0.3) is 94.3 Å². The molecule has 4 nitrogen and oxygen atoms in total. The van der Waals surface area contributed by atoms with Gasteiger partial charge in [-0.3, -0.25) is 0 Å². The van der Waals surface area contributed by atoms with E-state index in [0.717, 1.165) is 33.5 Å². The number of fused-ring (bicyclic) bond motifs is 5. The summed E-state index contributed by atoms with van der Waals surface area (Å²) in [7, 11) is 0. The Hall–Kier alpha value is -6.91. The normalized spacial score (nSPS) is 11.5. The van der Waals surface area contributed by atoms with Gasteiger partial charge in [-0.05, 0) is 69.1 Å². The van der Waals surface area contributed by atoms with Crippen LogP contribution in [0.15, 0.2) is 182 Å². The monoisotopic (exact) mass is 650 g/mol. The maximum absolute atomic E-state index is 5.10. The highest BCUT2D eigenvalue weighted by atomic mass is 15.0. The second-order valence-electron chi connectivity index (χ2n) is 12.9. The van der Waals surface area contributed by atoms with E-state index in [1.807, 2.05) is 30.3 Å². The Labute approximate surface area is 295 Å². The van der Waals surface area contributed by atoms with Gasteiger partial charge in [0.15, 0.2) is 17.5 Å². The van der Waals surface area contributed by atoms with E-state index in [4.69, 9.17) is 15.0 Å². The van der Waals surface area contributed by atoms with Gasteiger partial charge in [-0.1, -0.05) is 146 Å². The molecule has 2 heterocycles. The van der Waals surface area contributed by atoms with Crippen molar-refractivity contribution in [3.63, 3.8) is 0 Å². The minimum Gasteiger partial charge on any atom is -0.309 e. The van der Waals surface area contributed by atoms with E-state index in [2.05, 4.69) is 156 Å². The minimum atomic E-state index is 0.630. The highest BCUT2D eigenvalue weighted by Crippen LogP contribution is 2.36. The molecular weight excluding hydrogens is 621 g/mol. The summed E-state index contributed by atoms with van der Waals surface area (Å²) < 4.78 is 2.35. The van der Waals surface area contributed by atoms with Crippen LogP contribution in [0.2, 0.25) is 0 Å². The fourth-order valence-corrected chi connectivity index (χ4v) is 7.25. The number of hydrogen-bond acceptors (Lipinski definition) is 3. The molecule has 0 bridgehead atoms. The zero-order valence-corrected chi connectivity index (χ0v) is 27.6. The molecule has 0 saturated heterocycles. The molecular formula is C47H30N4. The van der Waals surface area contributed by atoms with Crippen molar-refractivity contribution in [2.24, 2.45) is 0 Å². The van der Waals surface area contributed by atoms with Crippen molar-refractivity contribution in [3.8, 4) is 51.0 Å². The van der Waals surface area contributed by atoms with Crippen molar-refractivity contribution >= 4 is 43.4 Å². The van der Waals surface area contributed by atoms with E-state index < -0.39 is 0 Å². The number of benzene rings is 8. The summed E-state index contributed by atoms with van der Waals surface area (Å²) in [5, 5.41) is 7.37. The summed E-state index contributed by atoms with van der Waals surface area (Å²) in [6, 6.07) is 64.0.